The van der Waals surface area contributed by atoms with E-state index in [1.54, 1.807) is 19.1 Å². The van der Waals surface area contributed by atoms with Crippen molar-refractivity contribution < 1.29 is 27.2 Å². The third-order valence-corrected chi connectivity index (χ3v) is 5.48. The van der Waals surface area contributed by atoms with Gasteiger partial charge in [-0.25, -0.2) is 4.39 Å². The molecule has 1 atom stereocenters. The zero-order valence-electron chi connectivity index (χ0n) is 16.7. The minimum absolute atomic E-state index is 0.00466. The topological polar surface area (TPSA) is 83.0 Å². The summed E-state index contributed by atoms with van der Waals surface area (Å²) in [5.74, 6) is -1.65. The van der Waals surface area contributed by atoms with Gasteiger partial charge in [0.25, 0.3) is 11.8 Å². The molecule has 7 nitrogen and oxygen atoms in total. The molecule has 0 unspecified atom stereocenters. The Morgan fingerprint density at radius 2 is 2.00 bits per heavy atom. The highest BCUT2D eigenvalue weighted by atomic mass is 19.4. The molecule has 0 saturated heterocycles. The van der Waals surface area contributed by atoms with Gasteiger partial charge in [-0.15, -0.1) is 0 Å². The second-order valence-electron chi connectivity index (χ2n) is 7.51. The van der Waals surface area contributed by atoms with Gasteiger partial charge in [-0.1, -0.05) is 0 Å². The quantitative estimate of drug-likeness (QED) is 0.618. The van der Waals surface area contributed by atoms with Crippen molar-refractivity contribution in [2.24, 2.45) is 0 Å². The number of carbonyl (C=O) groups is 2. The normalized spacial score (nSPS) is 15.1. The second-order valence-corrected chi connectivity index (χ2v) is 7.51. The Hall–Kier alpha value is -3.37. The second kappa shape index (κ2) is 7.40. The van der Waals surface area contributed by atoms with E-state index in [4.69, 9.17) is 0 Å². The van der Waals surface area contributed by atoms with Gasteiger partial charge in [-0.05, 0) is 37.6 Å². The largest absolute Gasteiger partial charge is 0.408 e. The van der Waals surface area contributed by atoms with Crippen LogP contribution in [0.15, 0.2) is 24.4 Å². The molecule has 1 aliphatic rings. The highest BCUT2D eigenvalue weighted by Gasteiger charge is 2.38. The first kappa shape index (κ1) is 20.9. The number of aromatic nitrogens is 3. The van der Waals surface area contributed by atoms with E-state index in [1.165, 1.54) is 21.8 Å². The van der Waals surface area contributed by atoms with E-state index >= 15 is 0 Å². The van der Waals surface area contributed by atoms with Crippen LogP contribution in [-0.2, 0) is 13.1 Å². The van der Waals surface area contributed by atoms with Crippen molar-refractivity contribution in [1.29, 1.82) is 0 Å². The zero-order chi connectivity index (χ0) is 22.5. The van der Waals surface area contributed by atoms with Crippen LogP contribution in [0.25, 0.3) is 10.9 Å². The molecule has 2 N–H and O–H groups in total. The monoisotopic (exact) mass is 437 g/mol. The molecule has 3 heterocycles. The summed E-state index contributed by atoms with van der Waals surface area (Å²) in [5, 5.41) is 6.56. The number of alkyl halides is 3. The van der Waals surface area contributed by atoms with E-state index in [0.717, 1.165) is 6.92 Å². The van der Waals surface area contributed by atoms with Crippen molar-refractivity contribution in [3.63, 3.8) is 0 Å². The average molecular weight is 437 g/mol. The Morgan fingerprint density at radius 3 is 2.71 bits per heavy atom. The van der Waals surface area contributed by atoms with Crippen LogP contribution >= 0.6 is 0 Å². The van der Waals surface area contributed by atoms with E-state index < -0.39 is 18.1 Å². The number of aryl methyl sites for hydroxylation is 1. The van der Waals surface area contributed by atoms with Crippen LogP contribution in [0, 0.1) is 12.7 Å². The number of aromatic amines is 1. The maximum absolute atomic E-state index is 13.8. The van der Waals surface area contributed by atoms with Crippen LogP contribution in [0.5, 0.6) is 0 Å². The van der Waals surface area contributed by atoms with Gasteiger partial charge < -0.3 is 15.2 Å². The van der Waals surface area contributed by atoms with Crippen molar-refractivity contribution >= 4 is 22.7 Å². The van der Waals surface area contributed by atoms with Gasteiger partial charge in [0.05, 0.1) is 30.5 Å². The minimum Gasteiger partial charge on any atom is -0.351 e. The zero-order valence-corrected chi connectivity index (χ0v) is 16.7. The van der Waals surface area contributed by atoms with Crippen molar-refractivity contribution in [1.82, 2.24) is 25.0 Å². The Labute approximate surface area is 174 Å². The lowest BCUT2D eigenvalue weighted by molar-refractivity contribution is -0.149. The van der Waals surface area contributed by atoms with Crippen LogP contribution in [0.2, 0.25) is 0 Å². The van der Waals surface area contributed by atoms with E-state index in [0.29, 0.717) is 28.7 Å². The van der Waals surface area contributed by atoms with Gasteiger partial charge >= 0.3 is 6.18 Å². The SMILES string of the molecule is Cc1c(F)ccc2[nH]c(C(=O)N3CCn4ncc(C(=O)N[C@H](C)C(F)(F)F)c4C3)cc12. The molecule has 1 aliphatic heterocycles. The van der Waals surface area contributed by atoms with Crippen LogP contribution in [0.4, 0.5) is 17.6 Å². The predicted molar refractivity (Wildman–Crippen MR) is 103 cm³/mol. The molecule has 3 aromatic rings. The molecular weight excluding hydrogens is 418 g/mol. The van der Waals surface area contributed by atoms with Gasteiger partial charge in [0, 0.05) is 17.4 Å². The number of nitrogens with one attached hydrogen (secondary N) is 2. The molecule has 31 heavy (non-hydrogen) atoms. The molecule has 4 rings (SSSR count). The molecular formula is C20H19F4N5O2. The van der Waals surface area contributed by atoms with E-state index in [-0.39, 0.29) is 36.1 Å². The van der Waals surface area contributed by atoms with Crippen molar-refractivity contribution in [2.75, 3.05) is 6.54 Å². The number of nitrogens with zero attached hydrogens (tertiary/aromatic N) is 3. The third-order valence-electron chi connectivity index (χ3n) is 5.48. The summed E-state index contributed by atoms with van der Waals surface area (Å²) in [6, 6.07) is 2.41. The molecule has 164 valence electrons. The number of H-pyrrole nitrogens is 1. The van der Waals surface area contributed by atoms with Gasteiger partial charge in [-0.3, -0.25) is 14.3 Å². The van der Waals surface area contributed by atoms with Crippen molar-refractivity contribution in [3.05, 3.63) is 52.7 Å². The number of halogens is 4. The molecule has 0 spiro atoms. The number of amides is 2. The lowest BCUT2D eigenvalue weighted by atomic mass is 10.1. The van der Waals surface area contributed by atoms with Crippen LogP contribution in [0.1, 0.15) is 39.0 Å². The van der Waals surface area contributed by atoms with Gasteiger partial charge in [0.2, 0.25) is 0 Å². The van der Waals surface area contributed by atoms with E-state index in [2.05, 4.69) is 10.1 Å². The van der Waals surface area contributed by atoms with Gasteiger partial charge in [0.1, 0.15) is 17.6 Å². The van der Waals surface area contributed by atoms with Crippen LogP contribution in [-0.4, -0.2) is 50.2 Å². The van der Waals surface area contributed by atoms with Crippen LogP contribution in [0.3, 0.4) is 0 Å². The maximum Gasteiger partial charge on any atom is 0.408 e. The molecule has 0 bridgehead atoms. The summed E-state index contributed by atoms with van der Waals surface area (Å²) in [7, 11) is 0. The summed E-state index contributed by atoms with van der Waals surface area (Å²) in [4.78, 5) is 29.8. The van der Waals surface area contributed by atoms with Crippen molar-refractivity contribution in [2.45, 2.75) is 39.2 Å². The third kappa shape index (κ3) is 3.75. The van der Waals surface area contributed by atoms with E-state index in [9.17, 15) is 27.2 Å². The number of fused-ring (bicyclic) bond motifs is 2. The molecule has 0 fully saturated rings. The summed E-state index contributed by atoms with van der Waals surface area (Å²) in [6.07, 6.45) is -3.37. The Morgan fingerprint density at radius 1 is 1.26 bits per heavy atom. The number of hydrogen-bond donors (Lipinski definition) is 2. The highest BCUT2D eigenvalue weighted by molar-refractivity contribution is 5.99. The molecule has 2 amide bonds. The smallest absolute Gasteiger partial charge is 0.351 e. The number of benzene rings is 1. The summed E-state index contributed by atoms with van der Waals surface area (Å²) >= 11 is 0. The lowest BCUT2D eigenvalue weighted by Gasteiger charge is -2.28. The first-order valence-corrected chi connectivity index (χ1v) is 9.55. The molecule has 11 heteroatoms. The number of carbonyl (C=O) groups excluding carboxylic acids is 2. The molecule has 2 aromatic heterocycles. The number of rotatable bonds is 3. The fourth-order valence-electron chi connectivity index (χ4n) is 3.57. The molecule has 0 radical (unpaired) electrons. The van der Waals surface area contributed by atoms with Crippen molar-refractivity contribution in [3.8, 4) is 0 Å². The van der Waals surface area contributed by atoms with E-state index in [1.807, 2.05) is 5.32 Å². The first-order valence-electron chi connectivity index (χ1n) is 9.55. The maximum atomic E-state index is 13.8. The summed E-state index contributed by atoms with van der Waals surface area (Å²) in [6.45, 7) is 3.06. The molecule has 0 saturated carbocycles. The minimum atomic E-state index is -4.57. The highest BCUT2D eigenvalue weighted by Crippen LogP contribution is 2.25. The summed E-state index contributed by atoms with van der Waals surface area (Å²) < 4.78 is 53.6. The summed E-state index contributed by atoms with van der Waals surface area (Å²) in [5.41, 5.74) is 1.63. The standard InChI is InChI=1S/C20H19F4N5O2/c1-10-12-7-16(27-15(12)4-3-14(10)21)19(31)28-5-6-29-17(9-28)13(8-25-29)18(30)26-11(2)20(22,23)24/h3-4,7-8,11,27H,5-6,9H2,1-2H3,(H,26,30)/t11-/m1/s1. The van der Waals surface area contributed by atoms with Gasteiger partial charge in [0.15, 0.2) is 0 Å². The van der Waals surface area contributed by atoms with Gasteiger partial charge in [-0.2, -0.15) is 18.3 Å². The average Bonchev–Trinajstić information content (AvgIpc) is 3.33. The number of hydrogen-bond acceptors (Lipinski definition) is 3. The Bertz CT molecular complexity index is 1180. The fourth-order valence-corrected chi connectivity index (χ4v) is 3.57. The molecule has 0 aliphatic carbocycles. The predicted octanol–water partition coefficient (Wildman–Crippen LogP) is 3.15. The Kier molecular flexibility index (Phi) is 4.98. The molecule has 1 aromatic carbocycles. The lowest BCUT2D eigenvalue weighted by Crippen LogP contribution is -2.44. The Balaban J connectivity index is 1.56. The fraction of sp³-hybridized carbons (Fsp3) is 0.350. The van der Waals surface area contributed by atoms with Crippen LogP contribution < -0.4 is 5.32 Å². The first-order chi connectivity index (χ1) is 14.6.